The third kappa shape index (κ3) is 3.17. The predicted molar refractivity (Wildman–Crippen MR) is 86.1 cm³/mol. The van der Waals surface area contributed by atoms with Crippen LogP contribution >= 0.6 is 0 Å². The number of aromatic nitrogens is 2. The van der Waals surface area contributed by atoms with Crippen molar-refractivity contribution >= 4 is 0 Å². The maximum absolute atomic E-state index is 4.81. The molecule has 21 heavy (non-hydrogen) atoms. The van der Waals surface area contributed by atoms with Crippen LogP contribution in [0.4, 0.5) is 0 Å². The molecule has 1 fully saturated rings. The molecule has 3 rings (SSSR count). The summed E-state index contributed by atoms with van der Waals surface area (Å²) in [5, 5.41) is 0. The normalized spacial score (nSPS) is 20.8. The number of hydrogen-bond acceptors (Lipinski definition) is 3. The van der Waals surface area contributed by atoms with E-state index in [9.17, 15) is 0 Å². The first-order valence-electron chi connectivity index (χ1n) is 7.67. The molecule has 1 aromatic heterocycles. The highest BCUT2D eigenvalue weighted by atomic mass is 15.3. The third-order valence-electron chi connectivity index (χ3n) is 4.45. The van der Waals surface area contributed by atoms with E-state index < -0.39 is 0 Å². The molecule has 2 aromatic rings. The molecule has 0 bridgehead atoms. The fraction of sp³-hybridized carbons (Fsp3) is 0.471. The van der Waals surface area contributed by atoms with Crippen LogP contribution in [0.3, 0.4) is 0 Å². The van der Waals surface area contributed by atoms with Crippen molar-refractivity contribution in [3.8, 4) is 11.4 Å². The molecule has 112 valence electrons. The van der Waals surface area contributed by atoms with Gasteiger partial charge in [0.05, 0.1) is 5.69 Å². The zero-order valence-electron chi connectivity index (χ0n) is 13.1. The first-order valence-corrected chi connectivity index (χ1v) is 7.67. The number of piperazine rings is 1. The number of aromatic amines is 1. The summed E-state index contributed by atoms with van der Waals surface area (Å²) in [4.78, 5) is 13.2. The van der Waals surface area contributed by atoms with E-state index in [0.29, 0.717) is 6.04 Å². The van der Waals surface area contributed by atoms with Crippen LogP contribution in [0.15, 0.2) is 30.3 Å². The third-order valence-corrected chi connectivity index (χ3v) is 4.45. The van der Waals surface area contributed by atoms with Crippen LogP contribution in [0.2, 0.25) is 0 Å². The molecule has 0 amide bonds. The maximum atomic E-state index is 4.81. The lowest BCUT2D eigenvalue weighted by molar-refractivity contribution is 0.0990. The number of likely N-dealkylation sites (N-methyl/N-ethyl adjacent to an activating group) is 1. The average molecular weight is 284 g/mol. The Bertz CT molecular complexity index is 590. The molecule has 0 saturated carbocycles. The van der Waals surface area contributed by atoms with Crippen molar-refractivity contribution in [2.75, 3.05) is 26.7 Å². The number of H-pyrrole nitrogens is 1. The minimum absolute atomic E-state index is 0.617. The van der Waals surface area contributed by atoms with Crippen LogP contribution in [0, 0.1) is 6.92 Å². The second-order valence-corrected chi connectivity index (χ2v) is 6.09. The second kappa shape index (κ2) is 6.00. The van der Waals surface area contributed by atoms with Gasteiger partial charge in [-0.05, 0) is 20.9 Å². The van der Waals surface area contributed by atoms with E-state index in [1.54, 1.807) is 0 Å². The number of nitrogens with one attached hydrogen (secondary N) is 1. The summed E-state index contributed by atoms with van der Waals surface area (Å²) in [6, 6.07) is 10.9. The highest BCUT2D eigenvalue weighted by Gasteiger charge is 2.22. The average Bonchev–Trinajstić information content (AvgIpc) is 2.85. The molecule has 2 heterocycles. The molecular formula is C17H24N4. The minimum atomic E-state index is 0.617. The zero-order valence-corrected chi connectivity index (χ0v) is 13.1. The van der Waals surface area contributed by atoms with Crippen LogP contribution < -0.4 is 0 Å². The van der Waals surface area contributed by atoms with Crippen LogP contribution in [0.1, 0.15) is 18.3 Å². The van der Waals surface area contributed by atoms with Crippen LogP contribution in [0.5, 0.6) is 0 Å². The van der Waals surface area contributed by atoms with Crippen molar-refractivity contribution in [3.05, 3.63) is 41.7 Å². The summed E-state index contributed by atoms with van der Waals surface area (Å²) in [6.07, 6.45) is 0. The van der Waals surface area contributed by atoms with Gasteiger partial charge < -0.3 is 9.88 Å². The Balaban J connectivity index is 1.73. The van der Waals surface area contributed by atoms with Crippen molar-refractivity contribution in [1.29, 1.82) is 0 Å². The molecule has 4 heteroatoms. The quantitative estimate of drug-likeness (QED) is 0.940. The molecule has 1 aliphatic heterocycles. The summed E-state index contributed by atoms with van der Waals surface area (Å²) < 4.78 is 0. The highest BCUT2D eigenvalue weighted by molar-refractivity contribution is 5.55. The molecule has 1 aliphatic rings. The molecular weight excluding hydrogens is 260 g/mol. The van der Waals surface area contributed by atoms with Gasteiger partial charge in [0.1, 0.15) is 5.82 Å². The van der Waals surface area contributed by atoms with Gasteiger partial charge in [-0.15, -0.1) is 0 Å². The Kier molecular flexibility index (Phi) is 4.08. The van der Waals surface area contributed by atoms with E-state index in [2.05, 4.69) is 59.9 Å². The molecule has 1 atom stereocenters. The molecule has 1 saturated heterocycles. The Morgan fingerprint density at radius 2 is 2.00 bits per heavy atom. The van der Waals surface area contributed by atoms with E-state index in [0.717, 1.165) is 37.6 Å². The van der Waals surface area contributed by atoms with Gasteiger partial charge in [0.25, 0.3) is 0 Å². The number of benzene rings is 1. The van der Waals surface area contributed by atoms with E-state index >= 15 is 0 Å². The second-order valence-electron chi connectivity index (χ2n) is 6.09. The van der Waals surface area contributed by atoms with Crippen molar-refractivity contribution in [2.45, 2.75) is 26.4 Å². The standard InChI is InChI=1S/C17H24N4/c1-13-11-21(10-9-20(13)3)12-16-14(2)18-17(19-16)15-7-5-4-6-8-15/h4-8,13H,9-12H2,1-3H3,(H,18,19)/t13-/m1/s1. The molecule has 1 aromatic carbocycles. The number of rotatable bonds is 3. The van der Waals surface area contributed by atoms with Gasteiger partial charge in [0.15, 0.2) is 0 Å². The topological polar surface area (TPSA) is 35.2 Å². The largest absolute Gasteiger partial charge is 0.342 e. The van der Waals surface area contributed by atoms with Gasteiger partial charge in [0.2, 0.25) is 0 Å². The van der Waals surface area contributed by atoms with Crippen LogP contribution in [0.25, 0.3) is 11.4 Å². The van der Waals surface area contributed by atoms with E-state index in [1.807, 2.05) is 6.07 Å². The van der Waals surface area contributed by atoms with E-state index in [4.69, 9.17) is 4.98 Å². The lowest BCUT2D eigenvalue weighted by atomic mass is 10.2. The summed E-state index contributed by atoms with van der Waals surface area (Å²) >= 11 is 0. The highest BCUT2D eigenvalue weighted by Crippen LogP contribution is 2.19. The monoisotopic (exact) mass is 284 g/mol. The Morgan fingerprint density at radius 3 is 2.71 bits per heavy atom. The predicted octanol–water partition coefficient (Wildman–Crippen LogP) is 2.52. The van der Waals surface area contributed by atoms with E-state index in [-0.39, 0.29) is 0 Å². The summed E-state index contributed by atoms with van der Waals surface area (Å²) in [7, 11) is 2.20. The summed E-state index contributed by atoms with van der Waals surface area (Å²) in [5.74, 6) is 0.977. The molecule has 1 N–H and O–H groups in total. The van der Waals surface area contributed by atoms with Gasteiger partial charge in [0, 0.05) is 43.5 Å². The van der Waals surface area contributed by atoms with Gasteiger partial charge in [-0.1, -0.05) is 30.3 Å². The molecule has 0 aliphatic carbocycles. The van der Waals surface area contributed by atoms with Crippen LogP contribution in [-0.4, -0.2) is 52.5 Å². The van der Waals surface area contributed by atoms with Crippen molar-refractivity contribution in [2.24, 2.45) is 0 Å². The lowest BCUT2D eigenvalue weighted by Crippen LogP contribution is -2.49. The molecule has 4 nitrogen and oxygen atoms in total. The number of nitrogens with zero attached hydrogens (tertiary/aromatic N) is 3. The first-order chi connectivity index (χ1) is 10.1. The Morgan fingerprint density at radius 1 is 1.24 bits per heavy atom. The van der Waals surface area contributed by atoms with Gasteiger partial charge in [-0.3, -0.25) is 4.90 Å². The van der Waals surface area contributed by atoms with Crippen molar-refractivity contribution in [3.63, 3.8) is 0 Å². The maximum Gasteiger partial charge on any atom is 0.137 e. The van der Waals surface area contributed by atoms with Crippen molar-refractivity contribution in [1.82, 2.24) is 19.8 Å². The van der Waals surface area contributed by atoms with Gasteiger partial charge in [-0.2, -0.15) is 0 Å². The fourth-order valence-electron chi connectivity index (χ4n) is 2.86. The smallest absolute Gasteiger partial charge is 0.137 e. The molecule has 0 unspecified atom stereocenters. The zero-order chi connectivity index (χ0) is 14.8. The van der Waals surface area contributed by atoms with Crippen molar-refractivity contribution < 1.29 is 0 Å². The number of imidazole rings is 1. The minimum Gasteiger partial charge on any atom is -0.342 e. The summed E-state index contributed by atoms with van der Waals surface area (Å²) in [6.45, 7) is 8.72. The Labute approximate surface area is 126 Å². The van der Waals surface area contributed by atoms with Gasteiger partial charge >= 0.3 is 0 Å². The lowest BCUT2D eigenvalue weighted by Gasteiger charge is -2.37. The first kappa shape index (κ1) is 14.3. The Hall–Kier alpha value is -1.65. The van der Waals surface area contributed by atoms with E-state index in [1.165, 1.54) is 11.4 Å². The van der Waals surface area contributed by atoms with Gasteiger partial charge in [-0.25, -0.2) is 4.98 Å². The molecule has 0 radical (unpaired) electrons. The number of aryl methyl sites for hydroxylation is 1. The fourth-order valence-corrected chi connectivity index (χ4v) is 2.86. The number of hydrogen-bond donors (Lipinski definition) is 1. The molecule has 0 spiro atoms. The van der Waals surface area contributed by atoms with Crippen LogP contribution in [-0.2, 0) is 6.54 Å². The SMILES string of the molecule is Cc1[nH]c(-c2ccccc2)nc1CN1CCN(C)[C@H](C)C1. The summed E-state index contributed by atoms with van der Waals surface area (Å²) in [5.41, 5.74) is 3.50.